The summed E-state index contributed by atoms with van der Waals surface area (Å²) in [4.78, 5) is 30.5. The van der Waals surface area contributed by atoms with E-state index in [0.29, 0.717) is 0 Å². The zero-order chi connectivity index (χ0) is 12.8. The van der Waals surface area contributed by atoms with Gasteiger partial charge in [0.25, 0.3) is 0 Å². The topological polar surface area (TPSA) is 81.2 Å². The number of rotatable bonds is 4. The van der Waals surface area contributed by atoms with E-state index >= 15 is 0 Å². The highest BCUT2D eigenvalue weighted by molar-refractivity contribution is 6.01. The number of aromatic nitrogens is 2. The molecule has 1 rings (SSSR count). The van der Waals surface area contributed by atoms with Crippen molar-refractivity contribution in [3.63, 3.8) is 0 Å². The standard InChI is InChI=1S/C11H15N3O3/c1-4-17-10(16)6-9(15)14-11-12-7(2)5-8(3)13-11/h5H,4,6H2,1-3H3,(H,12,13,14,15). The van der Waals surface area contributed by atoms with E-state index in [9.17, 15) is 9.59 Å². The van der Waals surface area contributed by atoms with Crippen molar-refractivity contribution in [1.82, 2.24) is 9.97 Å². The molecule has 6 nitrogen and oxygen atoms in total. The number of hydrogen-bond acceptors (Lipinski definition) is 5. The van der Waals surface area contributed by atoms with Crippen LogP contribution in [0, 0.1) is 13.8 Å². The zero-order valence-corrected chi connectivity index (χ0v) is 10.1. The lowest BCUT2D eigenvalue weighted by molar-refractivity contribution is -0.145. The van der Waals surface area contributed by atoms with Crippen LogP contribution in [0.2, 0.25) is 0 Å². The number of carbonyl (C=O) groups excluding carboxylic acids is 2. The molecular formula is C11H15N3O3. The van der Waals surface area contributed by atoms with E-state index < -0.39 is 11.9 Å². The Hall–Kier alpha value is -1.98. The van der Waals surface area contributed by atoms with Gasteiger partial charge in [0.1, 0.15) is 6.42 Å². The number of nitrogens with one attached hydrogen (secondary N) is 1. The number of amides is 1. The number of nitrogens with zero attached hydrogens (tertiary/aromatic N) is 2. The summed E-state index contributed by atoms with van der Waals surface area (Å²) in [5, 5.41) is 2.45. The molecule has 0 spiro atoms. The van der Waals surface area contributed by atoms with E-state index in [4.69, 9.17) is 0 Å². The van der Waals surface area contributed by atoms with Crippen LogP contribution in [0.4, 0.5) is 5.95 Å². The Morgan fingerprint density at radius 1 is 1.29 bits per heavy atom. The van der Waals surface area contributed by atoms with Crippen LogP contribution >= 0.6 is 0 Å². The first kappa shape index (κ1) is 13.1. The Balaban J connectivity index is 2.59. The van der Waals surface area contributed by atoms with Crippen molar-refractivity contribution in [2.45, 2.75) is 27.2 Å². The van der Waals surface area contributed by atoms with Gasteiger partial charge in [0.15, 0.2) is 0 Å². The maximum absolute atomic E-state index is 11.4. The molecule has 1 aromatic heterocycles. The normalized spacial score (nSPS) is 9.82. The SMILES string of the molecule is CCOC(=O)CC(=O)Nc1nc(C)cc(C)n1. The predicted molar refractivity (Wildman–Crippen MR) is 61.4 cm³/mol. The second-order valence-corrected chi connectivity index (χ2v) is 3.50. The summed E-state index contributed by atoms with van der Waals surface area (Å²) in [6, 6.07) is 1.79. The van der Waals surface area contributed by atoms with Crippen molar-refractivity contribution < 1.29 is 14.3 Å². The second kappa shape index (κ2) is 5.93. The quantitative estimate of drug-likeness (QED) is 0.623. The highest BCUT2D eigenvalue weighted by atomic mass is 16.5. The van der Waals surface area contributed by atoms with Crippen LogP contribution in [0.15, 0.2) is 6.07 Å². The number of carbonyl (C=O) groups is 2. The molecule has 0 aliphatic carbocycles. The smallest absolute Gasteiger partial charge is 0.315 e. The second-order valence-electron chi connectivity index (χ2n) is 3.50. The van der Waals surface area contributed by atoms with Gasteiger partial charge >= 0.3 is 5.97 Å². The number of aryl methyl sites for hydroxylation is 2. The summed E-state index contributed by atoms with van der Waals surface area (Å²) < 4.78 is 4.66. The summed E-state index contributed by atoms with van der Waals surface area (Å²) in [6.45, 7) is 5.54. The Morgan fingerprint density at radius 2 is 1.88 bits per heavy atom. The van der Waals surface area contributed by atoms with Gasteiger partial charge in [-0.25, -0.2) is 9.97 Å². The predicted octanol–water partition coefficient (Wildman–Crippen LogP) is 0.985. The van der Waals surface area contributed by atoms with Gasteiger partial charge in [-0.2, -0.15) is 0 Å². The molecule has 1 aromatic rings. The molecule has 0 saturated heterocycles. The Bertz CT molecular complexity index is 412. The van der Waals surface area contributed by atoms with Gasteiger partial charge in [-0.15, -0.1) is 0 Å². The molecule has 92 valence electrons. The molecule has 17 heavy (non-hydrogen) atoms. The molecule has 0 unspecified atom stereocenters. The molecular weight excluding hydrogens is 222 g/mol. The van der Waals surface area contributed by atoms with E-state index in [0.717, 1.165) is 11.4 Å². The van der Waals surface area contributed by atoms with Crippen molar-refractivity contribution in [3.8, 4) is 0 Å². The molecule has 1 heterocycles. The van der Waals surface area contributed by atoms with E-state index in [-0.39, 0.29) is 19.0 Å². The summed E-state index contributed by atoms with van der Waals surface area (Å²) >= 11 is 0. The Kier molecular flexibility index (Phi) is 4.56. The molecule has 0 aliphatic rings. The lowest BCUT2D eigenvalue weighted by Crippen LogP contribution is -2.19. The van der Waals surface area contributed by atoms with Crippen LogP contribution in [0.5, 0.6) is 0 Å². The minimum Gasteiger partial charge on any atom is -0.466 e. The maximum atomic E-state index is 11.4. The molecule has 1 N–H and O–H groups in total. The van der Waals surface area contributed by atoms with Crippen LogP contribution in [-0.4, -0.2) is 28.5 Å². The fourth-order valence-corrected chi connectivity index (χ4v) is 1.29. The van der Waals surface area contributed by atoms with Crippen molar-refractivity contribution >= 4 is 17.8 Å². The largest absolute Gasteiger partial charge is 0.466 e. The first-order chi connectivity index (χ1) is 8.01. The first-order valence-corrected chi connectivity index (χ1v) is 5.29. The lowest BCUT2D eigenvalue weighted by atomic mass is 10.3. The number of hydrogen-bond donors (Lipinski definition) is 1. The summed E-state index contributed by atoms with van der Waals surface area (Å²) in [7, 11) is 0. The van der Waals surface area contributed by atoms with Crippen LogP contribution in [-0.2, 0) is 14.3 Å². The van der Waals surface area contributed by atoms with E-state index in [2.05, 4.69) is 20.0 Å². The van der Waals surface area contributed by atoms with Crippen LogP contribution in [0.1, 0.15) is 24.7 Å². The number of esters is 1. The Labute approximate surface area is 99.4 Å². The van der Waals surface area contributed by atoms with Gasteiger partial charge in [-0.05, 0) is 26.8 Å². The zero-order valence-electron chi connectivity index (χ0n) is 10.1. The average Bonchev–Trinajstić information content (AvgIpc) is 2.14. The third-order valence-electron chi connectivity index (χ3n) is 1.84. The van der Waals surface area contributed by atoms with Crippen molar-refractivity contribution in [2.75, 3.05) is 11.9 Å². The molecule has 0 aliphatic heterocycles. The van der Waals surface area contributed by atoms with Gasteiger partial charge in [0, 0.05) is 11.4 Å². The molecule has 0 atom stereocenters. The highest BCUT2D eigenvalue weighted by Crippen LogP contribution is 2.04. The molecule has 0 bridgehead atoms. The minimum absolute atomic E-state index is 0.205. The van der Waals surface area contributed by atoms with E-state index in [1.807, 2.05) is 0 Å². The van der Waals surface area contributed by atoms with Crippen molar-refractivity contribution in [3.05, 3.63) is 17.5 Å². The maximum Gasteiger partial charge on any atom is 0.315 e. The van der Waals surface area contributed by atoms with Crippen molar-refractivity contribution in [2.24, 2.45) is 0 Å². The molecule has 0 saturated carbocycles. The summed E-state index contributed by atoms with van der Waals surface area (Å²) in [5.41, 5.74) is 1.51. The molecule has 0 radical (unpaired) electrons. The van der Waals surface area contributed by atoms with E-state index in [1.165, 1.54) is 0 Å². The summed E-state index contributed by atoms with van der Waals surface area (Å²) in [5.74, 6) is -0.834. The Morgan fingerprint density at radius 3 is 2.41 bits per heavy atom. The fraction of sp³-hybridized carbons (Fsp3) is 0.455. The highest BCUT2D eigenvalue weighted by Gasteiger charge is 2.11. The minimum atomic E-state index is -0.561. The monoisotopic (exact) mass is 237 g/mol. The van der Waals surface area contributed by atoms with Crippen LogP contribution < -0.4 is 5.32 Å². The molecule has 1 amide bonds. The lowest BCUT2D eigenvalue weighted by Gasteiger charge is -2.05. The van der Waals surface area contributed by atoms with Gasteiger partial charge in [-0.1, -0.05) is 0 Å². The molecule has 0 fully saturated rings. The number of ether oxygens (including phenoxy) is 1. The fourth-order valence-electron chi connectivity index (χ4n) is 1.29. The van der Waals surface area contributed by atoms with Crippen LogP contribution in [0.3, 0.4) is 0 Å². The van der Waals surface area contributed by atoms with Gasteiger partial charge in [-0.3, -0.25) is 14.9 Å². The third kappa shape index (κ3) is 4.58. The average molecular weight is 237 g/mol. The third-order valence-corrected chi connectivity index (χ3v) is 1.84. The summed E-state index contributed by atoms with van der Waals surface area (Å²) in [6.07, 6.45) is -0.329. The van der Waals surface area contributed by atoms with Gasteiger partial charge in [0.2, 0.25) is 11.9 Å². The van der Waals surface area contributed by atoms with Crippen LogP contribution in [0.25, 0.3) is 0 Å². The van der Waals surface area contributed by atoms with Gasteiger partial charge < -0.3 is 4.74 Å². The molecule has 6 heteroatoms. The van der Waals surface area contributed by atoms with Crippen molar-refractivity contribution in [1.29, 1.82) is 0 Å². The molecule has 0 aromatic carbocycles. The number of anilines is 1. The van der Waals surface area contributed by atoms with Gasteiger partial charge in [0.05, 0.1) is 6.61 Å². The first-order valence-electron chi connectivity index (χ1n) is 5.29. The van der Waals surface area contributed by atoms with E-state index in [1.54, 1.807) is 26.8 Å².